The number of carbonyl (C=O) groups excluding carboxylic acids is 1. The van der Waals surface area contributed by atoms with Crippen LogP contribution >= 0.6 is 23.5 Å². The fourth-order valence-corrected chi connectivity index (χ4v) is 6.80. The number of benzene rings is 3. The third kappa shape index (κ3) is 7.93. The van der Waals surface area contributed by atoms with Crippen molar-refractivity contribution < 1.29 is 9.90 Å². The van der Waals surface area contributed by atoms with Crippen molar-refractivity contribution in [3.8, 4) is 11.1 Å². The number of likely N-dealkylation sites (N-methyl/N-ethyl adjacent to an activating group) is 1. The van der Waals surface area contributed by atoms with Crippen LogP contribution in [0.4, 0.5) is 0 Å². The molecule has 1 atom stereocenters. The number of hydrogen-bond acceptors (Lipinski definition) is 5. The Labute approximate surface area is 236 Å². The average molecular weight is 551 g/mol. The lowest BCUT2D eigenvalue weighted by atomic mass is 9.88. The zero-order valence-corrected chi connectivity index (χ0v) is 24.2. The molecule has 0 aliphatic heterocycles. The summed E-state index contributed by atoms with van der Waals surface area (Å²) in [4.78, 5) is 11.9. The van der Waals surface area contributed by atoms with E-state index < -0.39 is 6.10 Å². The Morgan fingerprint density at radius 3 is 2.45 bits per heavy atom. The highest BCUT2D eigenvalue weighted by molar-refractivity contribution is 7.97. The van der Waals surface area contributed by atoms with Crippen molar-refractivity contribution in [2.24, 2.45) is 5.92 Å². The number of aliphatic hydroxyl groups excluding tert-OH is 1. The number of aryl methyl sites for hydroxylation is 1. The van der Waals surface area contributed by atoms with Gasteiger partial charge in [-0.2, -0.15) is 0 Å². The fourth-order valence-electron chi connectivity index (χ4n) is 5.55. The molecular formula is C32H39ClN2O2S. The van der Waals surface area contributed by atoms with Crippen LogP contribution in [0.3, 0.4) is 0 Å². The minimum absolute atomic E-state index is 0.0369. The number of fused-ring (bicyclic) bond motifs is 1. The Kier molecular flexibility index (Phi) is 10.1. The second-order valence-corrected chi connectivity index (χ2v) is 12.8. The van der Waals surface area contributed by atoms with Crippen LogP contribution in [-0.4, -0.2) is 47.5 Å². The zero-order valence-electron chi connectivity index (χ0n) is 22.6. The Morgan fingerprint density at radius 1 is 1.08 bits per heavy atom. The van der Waals surface area contributed by atoms with E-state index in [0.717, 1.165) is 47.1 Å². The van der Waals surface area contributed by atoms with E-state index in [1.165, 1.54) is 11.1 Å². The van der Waals surface area contributed by atoms with E-state index >= 15 is 0 Å². The first-order valence-corrected chi connectivity index (χ1v) is 14.6. The molecule has 3 aromatic carbocycles. The average Bonchev–Trinajstić information content (AvgIpc) is 3.28. The van der Waals surface area contributed by atoms with Crippen molar-refractivity contribution in [3.05, 3.63) is 88.4 Å². The first-order chi connectivity index (χ1) is 18.2. The van der Waals surface area contributed by atoms with Crippen LogP contribution in [0.2, 0.25) is 5.02 Å². The van der Waals surface area contributed by atoms with E-state index in [4.69, 9.17) is 11.6 Å². The van der Waals surface area contributed by atoms with Crippen LogP contribution in [0.1, 0.15) is 43.4 Å². The second-order valence-electron chi connectivity index (χ2n) is 11.1. The third-order valence-electron chi connectivity index (χ3n) is 7.26. The van der Waals surface area contributed by atoms with Gasteiger partial charge in [0.15, 0.2) is 0 Å². The molecular weight excluding hydrogens is 512 g/mol. The number of aldehydes is 1. The lowest BCUT2D eigenvalue weighted by Crippen LogP contribution is -2.46. The van der Waals surface area contributed by atoms with E-state index in [1.54, 1.807) is 11.9 Å². The summed E-state index contributed by atoms with van der Waals surface area (Å²) in [6, 6.07) is 22.9. The van der Waals surface area contributed by atoms with E-state index in [1.807, 2.05) is 31.3 Å². The van der Waals surface area contributed by atoms with Gasteiger partial charge in [-0.1, -0.05) is 66.2 Å². The molecule has 0 aromatic heterocycles. The molecule has 1 unspecified atom stereocenters. The quantitative estimate of drug-likeness (QED) is 0.185. The summed E-state index contributed by atoms with van der Waals surface area (Å²) >= 11 is 8.27. The van der Waals surface area contributed by atoms with Crippen molar-refractivity contribution in [2.75, 3.05) is 20.1 Å². The standard InChI is InChI=1S/C32H39ClN2O2S/c1-32(2,20-23-17-25-10-4-5-11-26(25)18-23)34-21-27(37)22-35(3)38-28-14-15-30(31(33)19-28)29-13-7-6-9-24(29)12-8-16-36/h4-7,9-11,13-16,19,23,27,34,37H,8,12,17-18,20-22H2,1-3H3. The minimum Gasteiger partial charge on any atom is -0.390 e. The van der Waals surface area contributed by atoms with E-state index in [9.17, 15) is 9.90 Å². The highest BCUT2D eigenvalue weighted by atomic mass is 35.5. The maximum Gasteiger partial charge on any atom is 0.120 e. The van der Waals surface area contributed by atoms with Gasteiger partial charge in [0.2, 0.25) is 0 Å². The maximum atomic E-state index is 10.9. The molecule has 1 aliphatic rings. The van der Waals surface area contributed by atoms with Gasteiger partial charge >= 0.3 is 0 Å². The number of nitrogens with one attached hydrogen (secondary N) is 1. The summed E-state index contributed by atoms with van der Waals surface area (Å²) in [7, 11) is 1.99. The molecule has 0 spiro atoms. The highest BCUT2D eigenvalue weighted by Crippen LogP contribution is 2.35. The van der Waals surface area contributed by atoms with Crippen LogP contribution in [-0.2, 0) is 24.1 Å². The lowest BCUT2D eigenvalue weighted by molar-refractivity contribution is -0.107. The van der Waals surface area contributed by atoms with Crippen molar-refractivity contribution in [1.29, 1.82) is 0 Å². The summed E-state index contributed by atoms with van der Waals surface area (Å²) in [5.74, 6) is 0.648. The number of rotatable bonds is 13. The van der Waals surface area contributed by atoms with Crippen molar-refractivity contribution in [3.63, 3.8) is 0 Å². The van der Waals surface area contributed by atoms with Gasteiger partial charge < -0.3 is 15.2 Å². The number of β-amino-alcohol motifs (C(OH)–C–C–N with tert-alkyl or cyclic N) is 1. The molecule has 1 aliphatic carbocycles. The van der Waals surface area contributed by atoms with Crippen LogP contribution in [0.5, 0.6) is 0 Å². The van der Waals surface area contributed by atoms with Crippen LogP contribution < -0.4 is 5.32 Å². The summed E-state index contributed by atoms with van der Waals surface area (Å²) in [5.41, 5.74) is 6.09. The molecule has 0 saturated carbocycles. The molecule has 2 N–H and O–H groups in total. The summed E-state index contributed by atoms with van der Waals surface area (Å²) in [6.45, 7) is 5.56. The van der Waals surface area contributed by atoms with Gasteiger partial charge in [0.25, 0.3) is 0 Å². The molecule has 4 nitrogen and oxygen atoms in total. The van der Waals surface area contributed by atoms with Gasteiger partial charge in [0.1, 0.15) is 6.29 Å². The van der Waals surface area contributed by atoms with Gasteiger partial charge in [-0.15, -0.1) is 0 Å². The number of hydrogen-bond donors (Lipinski definition) is 2. The second kappa shape index (κ2) is 13.3. The number of halogens is 1. The first-order valence-electron chi connectivity index (χ1n) is 13.4. The zero-order chi connectivity index (χ0) is 27.1. The number of carbonyl (C=O) groups is 1. The number of nitrogens with zero attached hydrogens (tertiary/aromatic N) is 1. The Morgan fingerprint density at radius 2 is 1.76 bits per heavy atom. The third-order valence-corrected chi connectivity index (χ3v) is 8.50. The SMILES string of the molecule is CN(CC(O)CNC(C)(C)CC1Cc2ccccc2C1)Sc1ccc(-c2ccccc2CCC=O)c(Cl)c1. The number of aliphatic hydroxyl groups is 1. The predicted molar refractivity (Wildman–Crippen MR) is 160 cm³/mol. The van der Waals surface area contributed by atoms with E-state index in [-0.39, 0.29) is 5.54 Å². The van der Waals surface area contributed by atoms with Crippen molar-refractivity contribution >= 4 is 29.8 Å². The summed E-state index contributed by atoms with van der Waals surface area (Å²) in [6.07, 6.45) is 5.05. The summed E-state index contributed by atoms with van der Waals surface area (Å²) in [5, 5.41) is 15.0. The Balaban J connectivity index is 1.26. The van der Waals surface area contributed by atoms with Gasteiger partial charge in [0.05, 0.1) is 6.10 Å². The smallest absolute Gasteiger partial charge is 0.120 e. The van der Waals surface area contributed by atoms with E-state index in [0.29, 0.717) is 36.9 Å². The molecule has 202 valence electrons. The molecule has 3 aromatic rings. The van der Waals surface area contributed by atoms with Gasteiger partial charge in [-0.05, 0) is 98.8 Å². The van der Waals surface area contributed by atoms with Crippen molar-refractivity contribution in [2.45, 2.75) is 62.5 Å². The maximum absolute atomic E-state index is 10.9. The Hall–Kier alpha value is -2.15. The molecule has 0 heterocycles. The fraction of sp³-hybridized carbons (Fsp3) is 0.406. The molecule has 0 saturated heterocycles. The highest BCUT2D eigenvalue weighted by Gasteiger charge is 2.28. The Bertz CT molecular complexity index is 1210. The summed E-state index contributed by atoms with van der Waals surface area (Å²) < 4.78 is 2.05. The monoisotopic (exact) mass is 550 g/mol. The molecule has 0 radical (unpaired) electrons. The van der Waals surface area contributed by atoms with Crippen LogP contribution in [0.25, 0.3) is 11.1 Å². The van der Waals surface area contributed by atoms with Crippen molar-refractivity contribution in [1.82, 2.24) is 9.62 Å². The van der Waals surface area contributed by atoms with Gasteiger partial charge in [0, 0.05) is 40.5 Å². The topological polar surface area (TPSA) is 52.6 Å². The first kappa shape index (κ1) is 28.8. The molecule has 38 heavy (non-hydrogen) atoms. The lowest BCUT2D eigenvalue weighted by Gasteiger charge is -2.31. The predicted octanol–water partition coefficient (Wildman–Crippen LogP) is 6.61. The van der Waals surface area contributed by atoms with Gasteiger partial charge in [-0.3, -0.25) is 0 Å². The molecule has 0 fully saturated rings. The molecule has 6 heteroatoms. The van der Waals surface area contributed by atoms with E-state index in [2.05, 4.69) is 65.9 Å². The van der Waals surface area contributed by atoms with Gasteiger partial charge in [-0.25, -0.2) is 4.31 Å². The molecule has 4 rings (SSSR count). The van der Waals surface area contributed by atoms with Crippen LogP contribution in [0.15, 0.2) is 71.6 Å². The normalized spacial score (nSPS) is 14.6. The molecule has 0 amide bonds. The largest absolute Gasteiger partial charge is 0.390 e. The minimum atomic E-state index is -0.480. The molecule has 0 bridgehead atoms. The van der Waals surface area contributed by atoms with Crippen LogP contribution in [0, 0.1) is 5.92 Å².